The highest BCUT2D eigenvalue weighted by Crippen LogP contribution is 2.39. The van der Waals surface area contributed by atoms with Crippen LogP contribution in [0.1, 0.15) is 49.9 Å². The maximum absolute atomic E-state index is 12.1. The standard InChI is InChI=1S/C18H24N4O3/c1-3-13(23)8-9-19-18(24)20-15-7-4-11(2)10-14(15)17-21-16(22-25-17)12-5-6-12/h4,7,10,12-13,23H,3,5-6,8-9H2,1-2H3,(H2,19,20,24). The third-order valence-electron chi connectivity index (χ3n) is 4.27. The van der Waals surface area contributed by atoms with Crippen LogP contribution in [0, 0.1) is 6.92 Å². The van der Waals surface area contributed by atoms with Crippen LogP contribution in [0.4, 0.5) is 10.5 Å². The molecule has 134 valence electrons. The van der Waals surface area contributed by atoms with Crippen LogP contribution < -0.4 is 10.6 Å². The van der Waals surface area contributed by atoms with Gasteiger partial charge in [-0.05, 0) is 44.7 Å². The summed E-state index contributed by atoms with van der Waals surface area (Å²) >= 11 is 0. The van der Waals surface area contributed by atoms with Crippen molar-refractivity contribution < 1.29 is 14.4 Å². The number of nitrogens with one attached hydrogen (secondary N) is 2. The number of hydrogen-bond donors (Lipinski definition) is 3. The van der Waals surface area contributed by atoms with E-state index in [-0.39, 0.29) is 6.03 Å². The Kier molecular flexibility index (Phi) is 5.33. The van der Waals surface area contributed by atoms with E-state index in [4.69, 9.17) is 4.52 Å². The van der Waals surface area contributed by atoms with Crippen LogP contribution in [0.3, 0.4) is 0 Å². The van der Waals surface area contributed by atoms with E-state index < -0.39 is 6.10 Å². The fourth-order valence-electron chi connectivity index (χ4n) is 2.52. The van der Waals surface area contributed by atoms with Crippen molar-refractivity contribution in [2.45, 2.75) is 51.6 Å². The number of hydrogen-bond acceptors (Lipinski definition) is 5. The molecule has 1 saturated carbocycles. The van der Waals surface area contributed by atoms with Crippen LogP contribution in [0.2, 0.25) is 0 Å². The molecule has 0 radical (unpaired) electrons. The minimum absolute atomic E-state index is 0.324. The van der Waals surface area contributed by atoms with E-state index in [2.05, 4.69) is 20.8 Å². The number of urea groups is 1. The zero-order valence-corrected chi connectivity index (χ0v) is 14.6. The van der Waals surface area contributed by atoms with Crippen molar-refractivity contribution in [1.29, 1.82) is 0 Å². The molecule has 1 unspecified atom stereocenters. The molecule has 0 saturated heterocycles. The van der Waals surface area contributed by atoms with Gasteiger partial charge in [0, 0.05) is 12.5 Å². The molecule has 7 nitrogen and oxygen atoms in total. The normalized spacial score (nSPS) is 15.0. The average Bonchev–Trinajstić information content (AvgIpc) is 3.33. The number of anilines is 1. The lowest BCUT2D eigenvalue weighted by Crippen LogP contribution is -2.31. The van der Waals surface area contributed by atoms with Gasteiger partial charge in [0.05, 0.1) is 17.4 Å². The van der Waals surface area contributed by atoms with Gasteiger partial charge in [0.1, 0.15) is 0 Å². The van der Waals surface area contributed by atoms with Gasteiger partial charge in [0.15, 0.2) is 5.82 Å². The number of aromatic nitrogens is 2. The molecule has 0 bridgehead atoms. The van der Waals surface area contributed by atoms with Crippen molar-refractivity contribution in [3.8, 4) is 11.5 Å². The highest BCUT2D eigenvalue weighted by atomic mass is 16.5. The summed E-state index contributed by atoms with van der Waals surface area (Å²) in [6, 6.07) is 5.33. The predicted octanol–water partition coefficient (Wildman–Crippen LogP) is 3.20. The van der Waals surface area contributed by atoms with Gasteiger partial charge < -0.3 is 20.3 Å². The minimum Gasteiger partial charge on any atom is -0.393 e. The molecular weight excluding hydrogens is 320 g/mol. The number of nitrogens with zero attached hydrogens (tertiary/aromatic N) is 2. The first kappa shape index (κ1) is 17.4. The van der Waals surface area contributed by atoms with Crippen molar-refractivity contribution >= 4 is 11.7 Å². The first-order valence-corrected chi connectivity index (χ1v) is 8.74. The van der Waals surface area contributed by atoms with Crippen LogP contribution >= 0.6 is 0 Å². The van der Waals surface area contributed by atoms with Gasteiger partial charge in [-0.1, -0.05) is 23.7 Å². The summed E-state index contributed by atoms with van der Waals surface area (Å²) in [6.45, 7) is 4.29. The van der Waals surface area contributed by atoms with Gasteiger partial charge in [0.2, 0.25) is 0 Å². The monoisotopic (exact) mass is 344 g/mol. The Morgan fingerprint density at radius 2 is 2.24 bits per heavy atom. The zero-order chi connectivity index (χ0) is 17.8. The van der Waals surface area contributed by atoms with E-state index in [1.165, 1.54) is 0 Å². The molecule has 0 spiro atoms. The van der Waals surface area contributed by atoms with Crippen LogP contribution in [0.15, 0.2) is 22.7 Å². The summed E-state index contributed by atoms with van der Waals surface area (Å²) < 4.78 is 5.39. The van der Waals surface area contributed by atoms with Gasteiger partial charge in [-0.25, -0.2) is 4.79 Å². The highest BCUT2D eigenvalue weighted by Gasteiger charge is 2.29. The quantitative estimate of drug-likeness (QED) is 0.716. The molecule has 1 heterocycles. The molecule has 1 aliphatic rings. The first-order valence-electron chi connectivity index (χ1n) is 8.74. The molecule has 7 heteroatoms. The highest BCUT2D eigenvalue weighted by molar-refractivity contribution is 5.93. The Hall–Kier alpha value is -2.41. The topological polar surface area (TPSA) is 100 Å². The van der Waals surface area contributed by atoms with E-state index in [9.17, 15) is 9.90 Å². The largest absolute Gasteiger partial charge is 0.393 e. The van der Waals surface area contributed by atoms with Crippen LogP contribution in [-0.2, 0) is 0 Å². The van der Waals surface area contributed by atoms with Crippen LogP contribution in [-0.4, -0.2) is 33.9 Å². The number of aryl methyl sites for hydroxylation is 1. The molecule has 1 aromatic carbocycles. The van der Waals surface area contributed by atoms with E-state index in [0.717, 1.165) is 24.2 Å². The van der Waals surface area contributed by atoms with E-state index in [1.54, 1.807) is 0 Å². The Morgan fingerprint density at radius 3 is 2.96 bits per heavy atom. The fraction of sp³-hybridized carbons (Fsp3) is 0.500. The average molecular weight is 344 g/mol. The van der Waals surface area contributed by atoms with E-state index in [0.29, 0.717) is 42.4 Å². The second-order valence-corrected chi connectivity index (χ2v) is 6.51. The maximum atomic E-state index is 12.1. The number of rotatable bonds is 7. The Morgan fingerprint density at radius 1 is 1.44 bits per heavy atom. The lowest BCUT2D eigenvalue weighted by atomic mass is 10.1. The van der Waals surface area contributed by atoms with Crippen molar-refractivity contribution in [2.24, 2.45) is 0 Å². The van der Waals surface area contributed by atoms with E-state index in [1.807, 2.05) is 32.0 Å². The van der Waals surface area contributed by atoms with Gasteiger partial charge in [-0.15, -0.1) is 0 Å². The van der Waals surface area contributed by atoms with Gasteiger partial charge in [0.25, 0.3) is 5.89 Å². The number of carbonyl (C=O) groups is 1. The summed E-state index contributed by atoms with van der Waals surface area (Å²) in [7, 11) is 0. The summed E-state index contributed by atoms with van der Waals surface area (Å²) in [5.74, 6) is 1.56. The number of carbonyl (C=O) groups excluding carboxylic acids is 1. The maximum Gasteiger partial charge on any atom is 0.319 e. The number of benzene rings is 1. The lowest BCUT2D eigenvalue weighted by Gasteiger charge is -2.12. The van der Waals surface area contributed by atoms with Crippen molar-refractivity contribution in [2.75, 3.05) is 11.9 Å². The van der Waals surface area contributed by atoms with Gasteiger partial charge >= 0.3 is 6.03 Å². The summed E-state index contributed by atoms with van der Waals surface area (Å²) in [4.78, 5) is 16.6. The molecule has 1 aromatic heterocycles. The predicted molar refractivity (Wildman–Crippen MR) is 94.4 cm³/mol. The molecule has 1 fully saturated rings. The Balaban J connectivity index is 1.69. The molecule has 3 rings (SSSR count). The molecule has 3 N–H and O–H groups in total. The van der Waals surface area contributed by atoms with Crippen molar-refractivity contribution in [3.63, 3.8) is 0 Å². The summed E-state index contributed by atoms with van der Waals surface area (Å²) in [6.07, 6.45) is 3.01. The van der Waals surface area contributed by atoms with Gasteiger partial charge in [-0.3, -0.25) is 0 Å². The smallest absolute Gasteiger partial charge is 0.319 e. The van der Waals surface area contributed by atoms with Crippen molar-refractivity contribution in [1.82, 2.24) is 15.5 Å². The van der Waals surface area contributed by atoms with Crippen molar-refractivity contribution in [3.05, 3.63) is 29.6 Å². The SMILES string of the molecule is CCC(O)CCNC(=O)Nc1ccc(C)cc1-c1nc(C2CC2)no1. The Labute approximate surface area is 146 Å². The minimum atomic E-state index is -0.394. The third kappa shape index (κ3) is 4.57. The molecule has 2 amide bonds. The second-order valence-electron chi connectivity index (χ2n) is 6.51. The van der Waals surface area contributed by atoms with Gasteiger partial charge in [-0.2, -0.15) is 4.98 Å². The number of aliphatic hydroxyl groups excluding tert-OH is 1. The molecular formula is C18H24N4O3. The third-order valence-corrected chi connectivity index (χ3v) is 4.27. The molecule has 25 heavy (non-hydrogen) atoms. The Bertz CT molecular complexity index is 740. The van der Waals surface area contributed by atoms with Crippen LogP contribution in [0.5, 0.6) is 0 Å². The number of aliphatic hydroxyl groups is 1. The molecule has 1 aliphatic carbocycles. The number of amides is 2. The second kappa shape index (κ2) is 7.65. The molecule has 1 atom stereocenters. The van der Waals surface area contributed by atoms with Crippen LogP contribution in [0.25, 0.3) is 11.5 Å². The van der Waals surface area contributed by atoms with E-state index >= 15 is 0 Å². The molecule has 2 aromatic rings. The molecule has 0 aliphatic heterocycles. The first-order chi connectivity index (χ1) is 12.1. The summed E-state index contributed by atoms with van der Waals surface area (Å²) in [5.41, 5.74) is 2.37. The zero-order valence-electron chi connectivity index (χ0n) is 14.6. The lowest BCUT2D eigenvalue weighted by molar-refractivity contribution is 0.160. The summed E-state index contributed by atoms with van der Waals surface area (Å²) in [5, 5.41) is 19.1. The fourth-order valence-corrected chi connectivity index (χ4v) is 2.52.